The van der Waals surface area contributed by atoms with Gasteiger partial charge in [0.15, 0.2) is 0 Å². The van der Waals surface area contributed by atoms with Crippen molar-refractivity contribution in [3.05, 3.63) is 123 Å². The van der Waals surface area contributed by atoms with Crippen LogP contribution in [0.1, 0.15) is 64.2 Å². The Morgan fingerprint density at radius 2 is 1.25 bits per heavy atom. The lowest BCUT2D eigenvalue weighted by Gasteiger charge is -2.36. The van der Waals surface area contributed by atoms with Gasteiger partial charge in [0.1, 0.15) is 0 Å². The van der Waals surface area contributed by atoms with Crippen molar-refractivity contribution in [1.29, 1.82) is 0 Å². The molecule has 3 atom stereocenters. The van der Waals surface area contributed by atoms with E-state index in [1.54, 1.807) is 75.8 Å². The van der Waals surface area contributed by atoms with Crippen molar-refractivity contribution in [2.75, 3.05) is 24.0 Å². The summed E-state index contributed by atoms with van der Waals surface area (Å²) in [6.45, 7) is 2.30. The molecule has 5 aliphatic rings. The van der Waals surface area contributed by atoms with Gasteiger partial charge in [0, 0.05) is 42.5 Å². The molecule has 15 rings (SSSR count). The Balaban J connectivity index is 0.986. The van der Waals surface area contributed by atoms with Gasteiger partial charge in [0.05, 0.1) is 11.7 Å². The van der Waals surface area contributed by atoms with Crippen molar-refractivity contribution in [2.24, 2.45) is 11.0 Å². The van der Waals surface area contributed by atoms with E-state index in [1.165, 1.54) is 49.6 Å². The van der Waals surface area contributed by atoms with Crippen LogP contribution in [0.3, 0.4) is 0 Å². The Bertz CT molecular complexity index is 3520. The lowest BCUT2D eigenvalue weighted by atomic mass is 9.71. The largest absolute Gasteiger partial charge is 0.378 e. The predicted octanol–water partition coefficient (Wildman–Crippen LogP) is 10.4. The van der Waals surface area contributed by atoms with Crippen molar-refractivity contribution < 1.29 is 0 Å². The summed E-state index contributed by atoms with van der Waals surface area (Å²) in [5.41, 5.74) is 15.1. The van der Waals surface area contributed by atoms with Crippen molar-refractivity contribution in [1.82, 2.24) is 0 Å². The molecule has 10 aromatic rings. The molecule has 0 saturated heterocycles. The molecule has 0 aromatic heterocycles. The van der Waals surface area contributed by atoms with E-state index >= 15 is 0 Å². The van der Waals surface area contributed by atoms with Crippen molar-refractivity contribution in [3.63, 3.8) is 0 Å². The first-order chi connectivity index (χ1) is 26.0. The molecule has 10 aromatic carbocycles. The summed E-state index contributed by atoms with van der Waals surface area (Å²) in [6, 6.07) is 30.1. The van der Waals surface area contributed by atoms with E-state index in [0.29, 0.717) is 5.92 Å². The third kappa shape index (κ3) is 2.73. The minimum atomic E-state index is 0.158. The van der Waals surface area contributed by atoms with Crippen LogP contribution in [0.5, 0.6) is 0 Å². The maximum atomic E-state index is 5.46. The summed E-state index contributed by atoms with van der Waals surface area (Å²) < 4.78 is 0. The zero-order valence-electron chi connectivity index (χ0n) is 29.7. The SMILES string of the molecule is CC1=NN(c2ccc(C#Cc3ccc(N(C)C)cc3)cc2)C2c3cc4c5c6c(cc7ccc8cc9c%10c%11c%12c(c3c5c%12c3c%10c8c7c63)=C(CC%11C9)C12)C4. The molecule has 0 fully saturated rings. The highest BCUT2D eigenvalue weighted by Gasteiger charge is 2.49. The summed E-state index contributed by atoms with van der Waals surface area (Å²) in [7, 11) is 4.13. The van der Waals surface area contributed by atoms with E-state index in [9.17, 15) is 0 Å². The molecule has 0 saturated carbocycles. The zero-order valence-corrected chi connectivity index (χ0v) is 29.7. The van der Waals surface area contributed by atoms with Gasteiger partial charge < -0.3 is 4.90 Å². The van der Waals surface area contributed by atoms with Gasteiger partial charge >= 0.3 is 0 Å². The van der Waals surface area contributed by atoms with Gasteiger partial charge in [-0.1, -0.05) is 42.2 Å². The molecular weight excluding hydrogens is 643 g/mol. The molecule has 0 amide bonds. The molecule has 3 nitrogen and oxygen atoms in total. The molecule has 0 spiro atoms. The van der Waals surface area contributed by atoms with E-state index in [1.807, 2.05) is 0 Å². The van der Waals surface area contributed by atoms with Gasteiger partial charge in [0.2, 0.25) is 0 Å². The third-order valence-corrected chi connectivity index (χ3v) is 14.4. The number of rotatable bonds is 2. The molecule has 3 heteroatoms. The summed E-state index contributed by atoms with van der Waals surface area (Å²) in [4.78, 5) is 2.11. The van der Waals surface area contributed by atoms with Gasteiger partial charge in [-0.3, -0.25) is 5.01 Å². The number of anilines is 2. The Morgan fingerprint density at radius 3 is 1.98 bits per heavy atom. The third-order valence-electron chi connectivity index (χ3n) is 14.4. The second-order valence-corrected chi connectivity index (χ2v) is 17.1. The van der Waals surface area contributed by atoms with E-state index in [4.69, 9.17) is 5.10 Å². The highest BCUT2D eigenvalue weighted by molar-refractivity contribution is 6.54. The predicted molar refractivity (Wildman–Crippen MR) is 221 cm³/mol. The minimum absolute atomic E-state index is 0.158. The molecular formula is C50H31N3. The van der Waals surface area contributed by atoms with Crippen molar-refractivity contribution in [3.8, 4) is 11.8 Å². The molecule has 1 aliphatic heterocycles. The fourth-order valence-corrected chi connectivity index (χ4v) is 12.7. The summed E-state index contributed by atoms with van der Waals surface area (Å²) in [5.74, 6) is 7.62. The summed E-state index contributed by atoms with van der Waals surface area (Å²) >= 11 is 0. The molecule has 0 bridgehead atoms. The van der Waals surface area contributed by atoms with Crippen LogP contribution < -0.4 is 15.1 Å². The van der Waals surface area contributed by atoms with Gasteiger partial charge in [-0.25, -0.2) is 0 Å². The average Bonchev–Trinajstić information content (AvgIpc) is 3.98. The number of nitrogens with zero attached hydrogens (tertiary/aromatic N) is 3. The monoisotopic (exact) mass is 673 g/mol. The normalized spacial score (nSPS) is 20.6. The molecule has 3 unspecified atom stereocenters. The topological polar surface area (TPSA) is 18.8 Å². The summed E-state index contributed by atoms with van der Waals surface area (Å²) in [6.07, 6.45) is 3.31. The van der Waals surface area contributed by atoms with Crippen LogP contribution in [-0.2, 0) is 12.8 Å². The first kappa shape index (κ1) is 26.6. The fourth-order valence-electron chi connectivity index (χ4n) is 12.7. The minimum Gasteiger partial charge on any atom is -0.378 e. The lowest BCUT2D eigenvalue weighted by molar-refractivity contribution is 0.603. The second-order valence-electron chi connectivity index (χ2n) is 17.1. The van der Waals surface area contributed by atoms with E-state index in [-0.39, 0.29) is 12.0 Å². The van der Waals surface area contributed by atoms with Gasteiger partial charge in [-0.2, -0.15) is 5.10 Å². The van der Waals surface area contributed by atoms with E-state index in [2.05, 4.69) is 122 Å². The zero-order chi connectivity index (χ0) is 34.3. The molecule has 4 aliphatic carbocycles. The quantitative estimate of drug-likeness (QED) is 0.134. The second kappa shape index (κ2) is 8.25. The van der Waals surface area contributed by atoms with Gasteiger partial charge in [-0.05, 0) is 195 Å². The number of hydrazone groups is 1. The number of fused-ring (bicyclic) bond motifs is 3. The average molecular weight is 674 g/mol. The van der Waals surface area contributed by atoms with Crippen molar-refractivity contribution >= 4 is 98.1 Å². The van der Waals surface area contributed by atoms with Crippen LogP contribution in [-0.4, -0.2) is 19.8 Å². The Morgan fingerprint density at radius 1 is 0.623 bits per heavy atom. The Kier molecular flexibility index (Phi) is 4.14. The summed E-state index contributed by atoms with van der Waals surface area (Å²) in [5, 5.41) is 31.2. The Hall–Kier alpha value is -6.11. The molecule has 0 N–H and O–H groups in total. The maximum Gasteiger partial charge on any atom is 0.0900 e. The molecule has 246 valence electrons. The smallest absolute Gasteiger partial charge is 0.0900 e. The molecule has 1 heterocycles. The fraction of sp³-hybridized carbons (Fsp3) is 0.180. The van der Waals surface area contributed by atoms with Crippen LogP contribution in [0.25, 0.3) is 81.0 Å². The maximum absolute atomic E-state index is 5.46. The number of benzene rings is 8. The first-order valence-electron chi connectivity index (χ1n) is 19.3. The Labute approximate surface area is 305 Å². The highest BCUT2D eigenvalue weighted by Crippen LogP contribution is 2.64. The van der Waals surface area contributed by atoms with Crippen LogP contribution in [0.4, 0.5) is 11.4 Å². The number of hydrogen-bond donors (Lipinski definition) is 0. The van der Waals surface area contributed by atoms with Crippen LogP contribution in [0.2, 0.25) is 0 Å². The highest BCUT2D eigenvalue weighted by atomic mass is 15.5. The molecule has 0 radical (unpaired) electrons. The van der Waals surface area contributed by atoms with E-state index in [0.717, 1.165) is 36.1 Å². The van der Waals surface area contributed by atoms with Crippen LogP contribution >= 0.6 is 0 Å². The van der Waals surface area contributed by atoms with E-state index < -0.39 is 0 Å². The van der Waals surface area contributed by atoms with Crippen molar-refractivity contribution in [2.45, 2.75) is 38.1 Å². The number of hydrogen-bond acceptors (Lipinski definition) is 3. The first-order valence-corrected chi connectivity index (χ1v) is 19.3. The molecule has 53 heavy (non-hydrogen) atoms. The van der Waals surface area contributed by atoms with Crippen LogP contribution in [0, 0.1) is 17.8 Å². The lowest BCUT2D eigenvalue weighted by Crippen LogP contribution is -2.34. The van der Waals surface area contributed by atoms with Crippen LogP contribution in [0.15, 0.2) is 84.0 Å². The van der Waals surface area contributed by atoms with Gasteiger partial charge in [0.25, 0.3) is 0 Å². The van der Waals surface area contributed by atoms with Gasteiger partial charge in [-0.15, -0.1) is 0 Å². The standard InChI is InChI=1S/C50H31N3/c1-22-35-33-20-29-18-27-16-25-10-11-26-17-28-19-30-21-34(50(35)53(51-22)32-14-8-24(9-15-32)5-4-23-6-12-31(13-7-23)52(2)3)43-42(33)46-40(29)38(27)44-36(25)37(26)45-39(28)41(30)47(43)49(46)48(44)45/h6-17,21,29,35,50H,18-20H2,1-3H3.